The Balaban J connectivity index is 2.79. The van der Waals surface area contributed by atoms with E-state index in [1.807, 2.05) is 12.1 Å². The highest BCUT2D eigenvalue weighted by atomic mass is 32.2. The molecule has 0 spiro atoms. The SMILES string of the molecule is COC(=C(OC)c1ccccc1OC)c1cc(OC)c(NC(=O)C(C)O)cc1CS(=O)O. The highest BCUT2D eigenvalue weighted by molar-refractivity contribution is 7.78. The Morgan fingerprint density at radius 1 is 1.00 bits per heavy atom. The van der Waals surface area contributed by atoms with E-state index in [4.69, 9.17) is 18.9 Å². The zero-order valence-corrected chi connectivity index (χ0v) is 19.3. The fourth-order valence-corrected chi connectivity index (χ4v) is 3.58. The number of anilines is 1. The third-order valence-corrected chi connectivity index (χ3v) is 5.11. The summed E-state index contributed by atoms with van der Waals surface area (Å²) in [6.45, 7) is 1.32. The number of rotatable bonds is 10. The second-order valence-corrected chi connectivity index (χ2v) is 7.54. The third kappa shape index (κ3) is 5.78. The molecule has 2 atom stereocenters. The molecule has 0 aromatic heterocycles. The molecule has 32 heavy (non-hydrogen) atoms. The van der Waals surface area contributed by atoms with Crippen molar-refractivity contribution in [3.05, 3.63) is 53.1 Å². The summed E-state index contributed by atoms with van der Waals surface area (Å²) in [6, 6.07) is 10.2. The van der Waals surface area contributed by atoms with Crippen LogP contribution in [0.2, 0.25) is 0 Å². The molecule has 0 bridgehead atoms. The first kappa shape index (κ1) is 25.2. The molecule has 0 aliphatic rings. The molecule has 174 valence electrons. The fraction of sp³-hybridized carbons (Fsp3) is 0.318. The molecule has 2 aromatic rings. The normalized spacial score (nSPS) is 13.5. The molecule has 0 aliphatic carbocycles. The van der Waals surface area contributed by atoms with Crippen LogP contribution in [-0.2, 0) is 31.1 Å². The molecular formula is C22H27NO8S. The van der Waals surface area contributed by atoms with Gasteiger partial charge in [0.1, 0.15) is 17.6 Å². The highest BCUT2D eigenvalue weighted by Gasteiger charge is 2.23. The summed E-state index contributed by atoms with van der Waals surface area (Å²) in [5.41, 5.74) is 1.64. The summed E-state index contributed by atoms with van der Waals surface area (Å²) >= 11 is -2.20. The van der Waals surface area contributed by atoms with Crippen molar-refractivity contribution in [1.29, 1.82) is 0 Å². The summed E-state index contributed by atoms with van der Waals surface area (Å²) in [6.07, 6.45) is -1.25. The van der Waals surface area contributed by atoms with E-state index in [1.54, 1.807) is 18.2 Å². The number of nitrogens with one attached hydrogen (secondary N) is 1. The van der Waals surface area contributed by atoms with Crippen LogP contribution < -0.4 is 14.8 Å². The zero-order valence-electron chi connectivity index (χ0n) is 18.5. The maximum Gasteiger partial charge on any atom is 0.253 e. The number of amides is 1. The zero-order chi connectivity index (χ0) is 23.8. The number of methoxy groups -OCH3 is 4. The molecule has 0 saturated heterocycles. The van der Waals surface area contributed by atoms with Crippen LogP contribution in [-0.4, -0.2) is 54.3 Å². The number of hydrogen-bond acceptors (Lipinski definition) is 7. The minimum atomic E-state index is -2.20. The van der Waals surface area contributed by atoms with Crippen LogP contribution >= 0.6 is 0 Å². The molecule has 0 aliphatic heterocycles. The first-order valence-corrected chi connectivity index (χ1v) is 10.8. The number of benzene rings is 2. The average molecular weight is 466 g/mol. The van der Waals surface area contributed by atoms with Gasteiger partial charge in [-0.25, -0.2) is 4.21 Å². The van der Waals surface area contributed by atoms with Crippen LogP contribution in [0.25, 0.3) is 11.5 Å². The minimum absolute atomic E-state index is 0.231. The van der Waals surface area contributed by atoms with Gasteiger partial charge in [-0.1, -0.05) is 12.1 Å². The van der Waals surface area contributed by atoms with Gasteiger partial charge in [0.15, 0.2) is 22.6 Å². The average Bonchev–Trinajstić information content (AvgIpc) is 2.77. The number of aliphatic hydroxyl groups is 1. The van der Waals surface area contributed by atoms with E-state index < -0.39 is 23.1 Å². The first-order chi connectivity index (χ1) is 15.3. The molecule has 9 nitrogen and oxygen atoms in total. The van der Waals surface area contributed by atoms with Crippen molar-refractivity contribution in [2.75, 3.05) is 33.8 Å². The van der Waals surface area contributed by atoms with Gasteiger partial charge >= 0.3 is 0 Å². The fourth-order valence-electron chi connectivity index (χ4n) is 3.07. The molecule has 2 unspecified atom stereocenters. The molecule has 10 heteroatoms. The number of carbonyl (C=O) groups excluding carboxylic acids is 1. The Bertz CT molecular complexity index is 1020. The molecule has 0 heterocycles. The minimum Gasteiger partial charge on any atom is -0.496 e. The molecule has 1 amide bonds. The van der Waals surface area contributed by atoms with E-state index in [0.717, 1.165) is 0 Å². The summed E-state index contributed by atoms with van der Waals surface area (Å²) in [5, 5.41) is 12.1. The van der Waals surface area contributed by atoms with E-state index >= 15 is 0 Å². The van der Waals surface area contributed by atoms with Crippen LogP contribution in [0.4, 0.5) is 5.69 Å². The molecule has 3 N–H and O–H groups in total. The van der Waals surface area contributed by atoms with Gasteiger partial charge in [0.05, 0.1) is 45.4 Å². The Morgan fingerprint density at radius 3 is 2.12 bits per heavy atom. The maximum absolute atomic E-state index is 12.0. The van der Waals surface area contributed by atoms with Gasteiger partial charge in [-0.3, -0.25) is 4.79 Å². The first-order valence-electron chi connectivity index (χ1n) is 9.50. The van der Waals surface area contributed by atoms with Crippen molar-refractivity contribution >= 4 is 34.2 Å². The number of hydrogen-bond donors (Lipinski definition) is 3. The quantitative estimate of drug-likeness (QED) is 0.278. The van der Waals surface area contributed by atoms with Gasteiger partial charge in [0, 0.05) is 5.56 Å². The topological polar surface area (TPSA) is 124 Å². The van der Waals surface area contributed by atoms with Crippen LogP contribution in [0.5, 0.6) is 11.5 Å². The van der Waals surface area contributed by atoms with Gasteiger partial charge in [-0.15, -0.1) is 0 Å². The van der Waals surface area contributed by atoms with Crippen molar-refractivity contribution in [2.24, 2.45) is 0 Å². The Hall–Kier alpha value is -3.08. The van der Waals surface area contributed by atoms with Gasteiger partial charge in [-0.05, 0) is 36.8 Å². The largest absolute Gasteiger partial charge is 0.496 e. The lowest BCUT2D eigenvalue weighted by molar-refractivity contribution is -0.123. The van der Waals surface area contributed by atoms with E-state index in [-0.39, 0.29) is 22.9 Å². The molecule has 0 fully saturated rings. The molecular weight excluding hydrogens is 438 g/mol. The lowest BCUT2D eigenvalue weighted by Crippen LogP contribution is -2.25. The Morgan fingerprint density at radius 2 is 1.59 bits per heavy atom. The second kappa shape index (κ2) is 11.5. The second-order valence-electron chi connectivity index (χ2n) is 6.61. The lowest BCUT2D eigenvalue weighted by Gasteiger charge is -2.20. The van der Waals surface area contributed by atoms with Crippen molar-refractivity contribution in [2.45, 2.75) is 18.8 Å². The van der Waals surface area contributed by atoms with E-state index in [1.165, 1.54) is 41.4 Å². The number of carbonyl (C=O) groups is 1. The van der Waals surface area contributed by atoms with Crippen molar-refractivity contribution < 1.29 is 37.6 Å². The summed E-state index contributed by atoms with van der Waals surface area (Å²) in [7, 11) is 5.86. The smallest absolute Gasteiger partial charge is 0.253 e. The summed E-state index contributed by atoms with van der Waals surface area (Å²) < 4.78 is 43.4. The van der Waals surface area contributed by atoms with Crippen molar-refractivity contribution in [3.63, 3.8) is 0 Å². The van der Waals surface area contributed by atoms with Crippen molar-refractivity contribution in [3.8, 4) is 11.5 Å². The van der Waals surface area contributed by atoms with E-state index in [2.05, 4.69) is 5.32 Å². The summed E-state index contributed by atoms with van der Waals surface area (Å²) in [5.74, 6) is 0.487. The predicted octanol–water partition coefficient (Wildman–Crippen LogP) is 2.86. The third-order valence-electron chi connectivity index (χ3n) is 4.55. The molecule has 0 saturated carbocycles. The van der Waals surface area contributed by atoms with Crippen LogP contribution in [0, 0.1) is 0 Å². The van der Waals surface area contributed by atoms with Gasteiger partial charge in [-0.2, -0.15) is 0 Å². The van der Waals surface area contributed by atoms with Gasteiger partial charge in [0.2, 0.25) is 0 Å². The summed E-state index contributed by atoms with van der Waals surface area (Å²) in [4.78, 5) is 12.0. The number of para-hydroxylation sites is 1. The predicted molar refractivity (Wildman–Crippen MR) is 122 cm³/mol. The number of ether oxygens (including phenoxy) is 4. The van der Waals surface area contributed by atoms with Gasteiger partial charge < -0.3 is 33.9 Å². The van der Waals surface area contributed by atoms with Crippen LogP contribution in [0.1, 0.15) is 23.6 Å². The van der Waals surface area contributed by atoms with Crippen LogP contribution in [0.3, 0.4) is 0 Å². The monoisotopic (exact) mass is 465 g/mol. The van der Waals surface area contributed by atoms with E-state index in [0.29, 0.717) is 28.2 Å². The number of aliphatic hydroxyl groups excluding tert-OH is 1. The van der Waals surface area contributed by atoms with Crippen molar-refractivity contribution in [1.82, 2.24) is 0 Å². The van der Waals surface area contributed by atoms with Crippen LogP contribution in [0.15, 0.2) is 36.4 Å². The Labute approximate surface area is 189 Å². The lowest BCUT2D eigenvalue weighted by atomic mass is 10.0. The Kier molecular flexibility index (Phi) is 9.06. The maximum atomic E-state index is 12.0. The molecule has 0 radical (unpaired) electrons. The standard InChI is InChI=1S/C22H27NO8S/c1-13(24)22(25)23-17-10-14(12-32(26)27)16(11-19(17)29-3)21(31-5)20(30-4)15-8-6-7-9-18(15)28-2/h6-11,13,24H,12H2,1-5H3,(H,23,25)(H,26,27). The molecule has 2 rings (SSSR count). The molecule has 2 aromatic carbocycles. The van der Waals surface area contributed by atoms with Gasteiger partial charge in [0.25, 0.3) is 5.91 Å². The highest BCUT2D eigenvalue weighted by Crippen LogP contribution is 2.38. The van der Waals surface area contributed by atoms with E-state index in [9.17, 15) is 18.7 Å².